The maximum absolute atomic E-state index is 12.4. The predicted octanol–water partition coefficient (Wildman–Crippen LogP) is 1.67. The molecule has 4 bridgehead atoms. The Balaban J connectivity index is 1.82. The minimum absolute atomic E-state index is 0.0575. The molecule has 0 amide bonds. The third kappa shape index (κ3) is 1.77. The third-order valence-corrected chi connectivity index (χ3v) is 5.81. The maximum Gasteiger partial charge on any atom is 0.348 e. The lowest BCUT2D eigenvalue weighted by Crippen LogP contribution is -2.55. The average molecular weight is 273 g/mol. The van der Waals surface area contributed by atoms with E-state index in [1.807, 2.05) is 10.6 Å². The van der Waals surface area contributed by atoms with E-state index in [0.29, 0.717) is 6.54 Å². The smallest absolute Gasteiger partial charge is 0.330 e. The van der Waals surface area contributed by atoms with Gasteiger partial charge in [0, 0.05) is 18.3 Å². The molecule has 4 nitrogen and oxygen atoms in total. The van der Waals surface area contributed by atoms with Crippen LogP contribution in [0.1, 0.15) is 44.2 Å². The molecule has 20 heavy (non-hydrogen) atoms. The van der Waals surface area contributed by atoms with Crippen LogP contribution in [0.4, 0.5) is 0 Å². The summed E-state index contributed by atoms with van der Waals surface area (Å²) in [6, 6.07) is 1.99. The highest BCUT2D eigenvalue weighted by atomic mass is 16.1. The highest BCUT2D eigenvalue weighted by Crippen LogP contribution is 2.58. The van der Waals surface area contributed by atoms with Crippen molar-refractivity contribution in [1.29, 1.82) is 0 Å². The van der Waals surface area contributed by atoms with E-state index in [-0.39, 0.29) is 11.2 Å². The Morgan fingerprint density at radius 1 is 1.20 bits per heavy atom. The summed E-state index contributed by atoms with van der Waals surface area (Å²) in [4.78, 5) is 16.5. The molecule has 1 heterocycles. The molecule has 2 N–H and O–H groups in total. The molecule has 5 rings (SSSR count). The summed E-state index contributed by atoms with van der Waals surface area (Å²) in [5, 5.41) is 0. The van der Waals surface area contributed by atoms with Crippen LogP contribution in [0.5, 0.6) is 0 Å². The van der Waals surface area contributed by atoms with Gasteiger partial charge < -0.3 is 5.73 Å². The fraction of sp³-hybridized carbons (Fsp3) is 0.750. The summed E-state index contributed by atoms with van der Waals surface area (Å²) in [7, 11) is 0. The van der Waals surface area contributed by atoms with Crippen LogP contribution in [0.3, 0.4) is 0 Å². The zero-order chi connectivity index (χ0) is 13.7. The number of nitrogens with two attached hydrogens (primary N) is 1. The van der Waals surface area contributed by atoms with Gasteiger partial charge in [-0.05, 0) is 68.9 Å². The van der Waals surface area contributed by atoms with Gasteiger partial charge in [0.25, 0.3) is 0 Å². The standard InChI is InChI=1S/C16H23N3O/c17-3-1-14-2-4-18-15(20)19(14)16-8-11-5-12(9-16)7-13(6-11)10-16/h2,4,11-13H,1,3,5-10,17H2. The predicted molar refractivity (Wildman–Crippen MR) is 77.4 cm³/mol. The van der Waals surface area contributed by atoms with Crippen molar-refractivity contribution in [2.45, 2.75) is 50.5 Å². The summed E-state index contributed by atoms with van der Waals surface area (Å²) in [5.74, 6) is 2.50. The number of nitrogens with zero attached hydrogens (tertiary/aromatic N) is 2. The molecular formula is C16H23N3O. The van der Waals surface area contributed by atoms with Crippen molar-refractivity contribution in [2.75, 3.05) is 6.54 Å². The molecule has 4 heteroatoms. The van der Waals surface area contributed by atoms with Crippen LogP contribution >= 0.6 is 0 Å². The maximum atomic E-state index is 12.4. The highest BCUT2D eigenvalue weighted by molar-refractivity contribution is 5.12. The largest absolute Gasteiger partial charge is 0.348 e. The average Bonchev–Trinajstić information content (AvgIpc) is 2.37. The van der Waals surface area contributed by atoms with Crippen molar-refractivity contribution in [3.63, 3.8) is 0 Å². The lowest BCUT2D eigenvalue weighted by molar-refractivity contribution is -0.0467. The second kappa shape index (κ2) is 4.42. The summed E-state index contributed by atoms with van der Waals surface area (Å²) < 4.78 is 2.05. The fourth-order valence-electron chi connectivity index (χ4n) is 5.63. The molecule has 4 aliphatic rings. The monoisotopic (exact) mass is 273 g/mol. The molecule has 0 radical (unpaired) electrons. The molecule has 4 saturated carbocycles. The van der Waals surface area contributed by atoms with Crippen LogP contribution < -0.4 is 11.4 Å². The van der Waals surface area contributed by atoms with Crippen LogP contribution in [-0.2, 0) is 12.0 Å². The van der Waals surface area contributed by atoms with E-state index in [0.717, 1.165) is 29.9 Å². The van der Waals surface area contributed by atoms with Gasteiger partial charge in [0.2, 0.25) is 0 Å². The van der Waals surface area contributed by atoms with Gasteiger partial charge >= 0.3 is 5.69 Å². The Morgan fingerprint density at radius 3 is 2.35 bits per heavy atom. The molecular weight excluding hydrogens is 250 g/mol. The Kier molecular flexibility index (Phi) is 2.78. The van der Waals surface area contributed by atoms with Gasteiger partial charge in [-0.3, -0.25) is 4.57 Å². The molecule has 0 saturated heterocycles. The summed E-state index contributed by atoms with van der Waals surface area (Å²) in [6.45, 7) is 0.593. The second-order valence-electron chi connectivity index (χ2n) is 7.23. The first kappa shape index (κ1) is 12.6. The van der Waals surface area contributed by atoms with Gasteiger partial charge in [0.15, 0.2) is 0 Å². The zero-order valence-electron chi connectivity index (χ0n) is 11.9. The molecule has 0 aliphatic heterocycles. The Labute approximate surface area is 119 Å². The van der Waals surface area contributed by atoms with Crippen molar-refractivity contribution < 1.29 is 0 Å². The van der Waals surface area contributed by atoms with Crippen molar-refractivity contribution in [3.8, 4) is 0 Å². The van der Waals surface area contributed by atoms with Gasteiger partial charge in [0.05, 0.1) is 5.54 Å². The van der Waals surface area contributed by atoms with Crippen molar-refractivity contribution >= 4 is 0 Å². The van der Waals surface area contributed by atoms with Crippen molar-refractivity contribution in [3.05, 3.63) is 28.4 Å². The van der Waals surface area contributed by atoms with Crippen LogP contribution in [0.25, 0.3) is 0 Å². The van der Waals surface area contributed by atoms with Crippen LogP contribution in [-0.4, -0.2) is 16.1 Å². The first-order chi connectivity index (χ1) is 9.70. The lowest BCUT2D eigenvalue weighted by atomic mass is 9.53. The Morgan fingerprint density at radius 2 is 1.80 bits per heavy atom. The SMILES string of the molecule is NCCc1ccnc(=O)n1C12CC3CC(CC(C3)C1)C2. The Bertz CT molecular complexity index is 542. The van der Waals surface area contributed by atoms with Crippen LogP contribution in [0.15, 0.2) is 17.1 Å². The van der Waals surface area contributed by atoms with E-state index in [1.165, 1.54) is 38.5 Å². The van der Waals surface area contributed by atoms with Crippen LogP contribution in [0.2, 0.25) is 0 Å². The first-order valence-electron chi connectivity index (χ1n) is 7.98. The molecule has 0 atom stereocenters. The van der Waals surface area contributed by atoms with E-state index >= 15 is 0 Å². The van der Waals surface area contributed by atoms with Crippen molar-refractivity contribution in [2.24, 2.45) is 23.5 Å². The second-order valence-corrected chi connectivity index (χ2v) is 7.23. The molecule has 1 aromatic rings. The lowest BCUT2D eigenvalue weighted by Gasteiger charge is -2.57. The molecule has 4 aliphatic carbocycles. The van der Waals surface area contributed by atoms with E-state index in [2.05, 4.69) is 4.98 Å². The van der Waals surface area contributed by atoms with Crippen molar-refractivity contribution in [1.82, 2.24) is 9.55 Å². The quantitative estimate of drug-likeness (QED) is 0.911. The van der Waals surface area contributed by atoms with E-state index in [4.69, 9.17) is 5.73 Å². The van der Waals surface area contributed by atoms with Gasteiger partial charge in [-0.15, -0.1) is 0 Å². The topological polar surface area (TPSA) is 60.9 Å². The minimum Gasteiger partial charge on any atom is -0.330 e. The van der Waals surface area contributed by atoms with Gasteiger partial charge in [-0.25, -0.2) is 9.78 Å². The number of hydrogen-bond donors (Lipinski definition) is 1. The number of hydrogen-bond acceptors (Lipinski definition) is 3. The molecule has 108 valence electrons. The minimum atomic E-state index is -0.0575. The number of aromatic nitrogens is 2. The van der Waals surface area contributed by atoms with Gasteiger partial charge in [0.1, 0.15) is 0 Å². The van der Waals surface area contributed by atoms with Gasteiger partial charge in [-0.2, -0.15) is 0 Å². The Hall–Kier alpha value is -1.16. The summed E-state index contributed by atoms with van der Waals surface area (Å²) in [5.41, 5.74) is 6.83. The highest BCUT2D eigenvalue weighted by Gasteiger charge is 2.52. The summed E-state index contributed by atoms with van der Waals surface area (Å²) in [6.07, 6.45) is 10.1. The first-order valence-corrected chi connectivity index (χ1v) is 7.98. The van der Waals surface area contributed by atoms with E-state index in [1.54, 1.807) is 6.20 Å². The van der Waals surface area contributed by atoms with Crippen LogP contribution in [0, 0.1) is 17.8 Å². The van der Waals surface area contributed by atoms with E-state index < -0.39 is 0 Å². The zero-order valence-corrected chi connectivity index (χ0v) is 11.9. The third-order valence-electron chi connectivity index (χ3n) is 5.81. The molecule has 0 aromatic carbocycles. The molecule has 0 unspecified atom stereocenters. The van der Waals surface area contributed by atoms with E-state index in [9.17, 15) is 4.79 Å². The normalized spacial score (nSPS) is 38.4. The molecule has 0 spiro atoms. The fourth-order valence-corrected chi connectivity index (χ4v) is 5.63. The van der Waals surface area contributed by atoms with Gasteiger partial charge in [-0.1, -0.05) is 0 Å². The number of rotatable bonds is 3. The molecule has 1 aromatic heterocycles. The summed E-state index contributed by atoms with van der Waals surface area (Å²) >= 11 is 0. The molecule has 4 fully saturated rings.